The van der Waals surface area contributed by atoms with Crippen LogP contribution < -0.4 is 5.32 Å². The molecule has 3 aliphatic heterocycles. The van der Waals surface area contributed by atoms with E-state index in [1.807, 2.05) is 0 Å². The van der Waals surface area contributed by atoms with Crippen LogP contribution in [0.15, 0.2) is 18.2 Å². The minimum absolute atomic E-state index is 0.00403. The van der Waals surface area contributed by atoms with Gasteiger partial charge in [-0.3, -0.25) is 14.5 Å². The average Bonchev–Trinajstić information content (AvgIpc) is 2.79. The Morgan fingerprint density at radius 2 is 1.70 bits per heavy atom. The van der Waals surface area contributed by atoms with Crippen molar-refractivity contribution in [2.24, 2.45) is 0 Å². The summed E-state index contributed by atoms with van der Waals surface area (Å²) >= 11 is 10.2. The van der Waals surface area contributed by atoms with Gasteiger partial charge in [-0.2, -0.15) is 25.8 Å². The summed E-state index contributed by atoms with van der Waals surface area (Å²) in [7, 11) is 0. The molecule has 206 valence electrons. The summed E-state index contributed by atoms with van der Waals surface area (Å²) in [5, 5.41) is 2.27. The number of hydrogen-bond acceptors (Lipinski definition) is 5. The summed E-state index contributed by atoms with van der Waals surface area (Å²) in [6, 6.07) is 5.43. The van der Waals surface area contributed by atoms with E-state index in [0.29, 0.717) is 25.9 Å². The number of hydrogen-bond donors (Lipinski definition) is 2. The van der Waals surface area contributed by atoms with E-state index in [0.717, 1.165) is 18.8 Å². The van der Waals surface area contributed by atoms with Gasteiger partial charge in [0.15, 0.2) is 0 Å². The van der Waals surface area contributed by atoms with Gasteiger partial charge in [-0.15, -0.1) is 0 Å². The highest BCUT2D eigenvalue weighted by molar-refractivity contribution is 7.81. The Morgan fingerprint density at radius 3 is 2.27 bits per heavy atom. The number of thiol groups is 1. The first kappa shape index (κ1) is 28.2. The maximum absolute atomic E-state index is 13.4. The number of carbonyl (C=O) groups excluding carboxylic acids is 2. The third kappa shape index (κ3) is 7.20. The van der Waals surface area contributed by atoms with Crippen LogP contribution in [0, 0.1) is 0 Å². The number of nitrogens with one attached hydrogen (secondary N) is 1. The van der Waals surface area contributed by atoms with Crippen molar-refractivity contribution in [3.05, 3.63) is 28.8 Å². The van der Waals surface area contributed by atoms with E-state index in [1.165, 1.54) is 9.80 Å². The zero-order valence-electron chi connectivity index (χ0n) is 20.1. The second kappa shape index (κ2) is 11.1. The van der Waals surface area contributed by atoms with E-state index in [2.05, 4.69) is 22.8 Å². The van der Waals surface area contributed by atoms with Crippen LogP contribution in [0.1, 0.15) is 42.5 Å². The largest absolute Gasteiger partial charge is 0.390 e. The summed E-state index contributed by atoms with van der Waals surface area (Å²) in [5.74, 6) is -3.65. The Balaban J connectivity index is 1.21. The lowest BCUT2D eigenvalue weighted by Crippen LogP contribution is -2.60. The molecule has 0 saturated carbocycles. The number of rotatable bonds is 6. The number of benzene rings is 1. The van der Waals surface area contributed by atoms with Gasteiger partial charge in [0.2, 0.25) is 5.91 Å². The average molecular weight is 569 g/mol. The first-order valence-corrected chi connectivity index (χ1v) is 13.2. The summed E-state index contributed by atoms with van der Waals surface area (Å²) in [4.78, 5) is 30.1. The predicted octanol–water partition coefficient (Wildman–Crippen LogP) is 4.55. The minimum atomic E-state index is -4.42. The molecule has 1 atom stereocenters. The third-order valence-corrected chi connectivity index (χ3v) is 7.98. The highest BCUT2D eigenvalue weighted by Gasteiger charge is 2.39. The number of halogens is 6. The Bertz CT molecular complexity index is 990. The molecule has 2 amide bonds. The van der Waals surface area contributed by atoms with Gasteiger partial charge in [-0.25, -0.2) is 8.78 Å². The van der Waals surface area contributed by atoms with Crippen LogP contribution in [0.25, 0.3) is 0 Å². The van der Waals surface area contributed by atoms with Gasteiger partial charge in [0.05, 0.1) is 28.3 Å². The van der Waals surface area contributed by atoms with E-state index in [1.54, 1.807) is 18.2 Å². The molecule has 1 unspecified atom stereocenters. The molecule has 0 aliphatic carbocycles. The molecule has 3 heterocycles. The van der Waals surface area contributed by atoms with Crippen molar-refractivity contribution in [1.82, 2.24) is 14.7 Å². The molecule has 13 heteroatoms. The van der Waals surface area contributed by atoms with Crippen LogP contribution in [0.4, 0.5) is 27.6 Å². The monoisotopic (exact) mass is 568 g/mol. The van der Waals surface area contributed by atoms with Crippen LogP contribution in [-0.4, -0.2) is 95.2 Å². The number of piperidine rings is 2. The van der Waals surface area contributed by atoms with Crippen molar-refractivity contribution in [3.8, 4) is 0 Å². The van der Waals surface area contributed by atoms with Crippen molar-refractivity contribution in [3.63, 3.8) is 0 Å². The summed E-state index contributed by atoms with van der Waals surface area (Å²) in [6.07, 6.45) is -4.97. The standard InChI is InChI=1S/C24H30ClF5N4O2S/c25-19-11-15(1-2-18(19)21(35)33-9-5-23(26,27)6-10-33)31-16-13-34(14-16)17-3-7-32(8-4-17)22(36)20(37)12-24(28,29)30/h1-2,11,16-17,20,31,37H,3-10,12-14H2. The molecular formula is C24H30ClF5N4O2S. The highest BCUT2D eigenvalue weighted by atomic mass is 35.5. The van der Waals surface area contributed by atoms with Gasteiger partial charge in [0.1, 0.15) is 0 Å². The predicted molar refractivity (Wildman–Crippen MR) is 134 cm³/mol. The SMILES string of the molecule is O=C(c1ccc(NC2CN(C3CCN(C(=O)C(S)CC(F)(F)F)CC3)C2)cc1Cl)N1CCC(F)(F)CC1. The Kier molecular flexibility index (Phi) is 8.49. The molecule has 6 nitrogen and oxygen atoms in total. The van der Waals surface area contributed by atoms with E-state index in [9.17, 15) is 31.5 Å². The van der Waals surface area contributed by atoms with Crippen LogP contribution in [0.2, 0.25) is 5.02 Å². The number of alkyl halides is 5. The summed E-state index contributed by atoms with van der Waals surface area (Å²) < 4.78 is 64.4. The molecule has 0 aromatic heterocycles. The summed E-state index contributed by atoms with van der Waals surface area (Å²) in [5.41, 5.74) is 1.04. The van der Waals surface area contributed by atoms with Crippen LogP contribution in [-0.2, 0) is 4.79 Å². The van der Waals surface area contributed by atoms with Crippen molar-refractivity contribution in [1.29, 1.82) is 0 Å². The van der Waals surface area contributed by atoms with Crippen molar-refractivity contribution < 1.29 is 31.5 Å². The van der Waals surface area contributed by atoms with Crippen molar-refractivity contribution in [2.75, 3.05) is 44.6 Å². The molecule has 0 radical (unpaired) electrons. The van der Waals surface area contributed by atoms with Gasteiger partial charge in [0.25, 0.3) is 11.8 Å². The smallest absolute Gasteiger partial charge is 0.380 e. The summed E-state index contributed by atoms with van der Waals surface area (Å²) in [6.45, 7) is 2.34. The Hall–Kier alpha value is -1.79. The second-order valence-corrected chi connectivity index (χ2v) is 11.1. The van der Waals surface area contributed by atoms with E-state index in [4.69, 9.17) is 11.6 Å². The first-order valence-electron chi connectivity index (χ1n) is 12.3. The minimum Gasteiger partial charge on any atom is -0.380 e. The van der Waals surface area contributed by atoms with E-state index >= 15 is 0 Å². The van der Waals surface area contributed by atoms with Crippen LogP contribution >= 0.6 is 24.2 Å². The molecule has 1 aromatic rings. The van der Waals surface area contributed by atoms with Crippen LogP contribution in [0.5, 0.6) is 0 Å². The number of anilines is 1. The van der Waals surface area contributed by atoms with Crippen LogP contribution in [0.3, 0.4) is 0 Å². The molecule has 0 spiro atoms. The molecule has 0 bridgehead atoms. The first-order chi connectivity index (χ1) is 17.3. The van der Waals surface area contributed by atoms with Gasteiger partial charge >= 0.3 is 6.18 Å². The quantitative estimate of drug-likeness (QED) is 0.391. The molecule has 3 aliphatic rings. The fourth-order valence-electron chi connectivity index (χ4n) is 5.09. The fraction of sp³-hybridized carbons (Fsp3) is 0.667. The van der Waals surface area contributed by atoms with Gasteiger partial charge in [0, 0.05) is 63.8 Å². The van der Waals surface area contributed by atoms with Crippen molar-refractivity contribution in [2.45, 2.75) is 61.5 Å². The van der Waals surface area contributed by atoms with E-state index in [-0.39, 0.29) is 54.5 Å². The normalized spacial score (nSPS) is 22.5. The fourth-order valence-corrected chi connectivity index (χ4v) is 5.72. The van der Waals surface area contributed by atoms with Gasteiger partial charge in [-0.1, -0.05) is 11.6 Å². The third-order valence-electron chi connectivity index (χ3n) is 7.26. The molecule has 1 N–H and O–H groups in total. The molecule has 3 saturated heterocycles. The Labute approximate surface area is 222 Å². The van der Waals surface area contributed by atoms with Crippen molar-refractivity contribution >= 4 is 41.7 Å². The maximum atomic E-state index is 13.4. The molecule has 1 aromatic carbocycles. The molecule has 4 rings (SSSR count). The number of nitrogens with zero attached hydrogens (tertiary/aromatic N) is 3. The maximum Gasteiger partial charge on any atom is 0.390 e. The zero-order valence-corrected chi connectivity index (χ0v) is 21.8. The lowest BCUT2D eigenvalue weighted by molar-refractivity contribution is -0.148. The lowest BCUT2D eigenvalue weighted by atomic mass is 9.97. The molecule has 3 fully saturated rings. The van der Waals surface area contributed by atoms with Gasteiger partial charge < -0.3 is 15.1 Å². The molecule has 37 heavy (non-hydrogen) atoms. The highest BCUT2D eigenvalue weighted by Crippen LogP contribution is 2.31. The van der Waals surface area contributed by atoms with E-state index < -0.39 is 29.7 Å². The Morgan fingerprint density at radius 1 is 1.08 bits per heavy atom. The zero-order chi connectivity index (χ0) is 27.0. The van der Waals surface area contributed by atoms with Gasteiger partial charge in [-0.05, 0) is 31.0 Å². The molecular weight excluding hydrogens is 539 g/mol. The number of carbonyl (C=O) groups is 2. The lowest BCUT2D eigenvalue weighted by Gasteiger charge is -2.47. The number of amides is 2. The number of likely N-dealkylation sites (tertiary alicyclic amines) is 3. The second-order valence-electron chi connectivity index (χ2n) is 10.0. The topological polar surface area (TPSA) is 55.9 Å².